The Balaban J connectivity index is 1.74. The number of rotatable bonds is 1. The second kappa shape index (κ2) is 4.88. The summed E-state index contributed by atoms with van der Waals surface area (Å²) in [7, 11) is 2.16. The number of hydrogen-bond donors (Lipinski definition) is 1. The minimum absolute atomic E-state index is 0.0357. The Hall–Kier alpha value is -1.10. The first-order valence-electron chi connectivity index (χ1n) is 6.67. The predicted octanol–water partition coefficient (Wildman–Crippen LogP) is 0.522. The Labute approximate surface area is 108 Å². The van der Waals surface area contributed by atoms with Crippen molar-refractivity contribution >= 4 is 0 Å². The van der Waals surface area contributed by atoms with Gasteiger partial charge < -0.3 is 15.4 Å². The van der Waals surface area contributed by atoms with Gasteiger partial charge in [0.15, 0.2) is 6.23 Å². The molecule has 4 nitrogen and oxygen atoms in total. The van der Waals surface area contributed by atoms with Crippen molar-refractivity contribution < 1.29 is 4.74 Å². The van der Waals surface area contributed by atoms with E-state index < -0.39 is 0 Å². The van der Waals surface area contributed by atoms with Crippen molar-refractivity contribution in [2.75, 3.05) is 33.2 Å². The predicted molar refractivity (Wildman–Crippen MR) is 71.6 cm³/mol. The van der Waals surface area contributed by atoms with Gasteiger partial charge in [-0.25, -0.2) is 0 Å². The van der Waals surface area contributed by atoms with Gasteiger partial charge in [0.05, 0.1) is 6.04 Å². The number of nitrogens with zero attached hydrogens (tertiary/aromatic N) is 2. The van der Waals surface area contributed by atoms with Crippen LogP contribution in [0.15, 0.2) is 24.3 Å². The number of fused-ring (bicyclic) bond motifs is 1. The van der Waals surface area contributed by atoms with Gasteiger partial charge in [-0.05, 0) is 25.1 Å². The van der Waals surface area contributed by atoms with Crippen LogP contribution in [0.3, 0.4) is 0 Å². The molecule has 4 heteroatoms. The zero-order valence-corrected chi connectivity index (χ0v) is 10.9. The van der Waals surface area contributed by atoms with E-state index in [1.165, 1.54) is 5.56 Å². The lowest BCUT2D eigenvalue weighted by Gasteiger charge is -2.42. The molecular weight excluding hydrogens is 226 g/mol. The van der Waals surface area contributed by atoms with Crippen molar-refractivity contribution in [2.24, 2.45) is 5.73 Å². The molecule has 1 aromatic rings. The lowest BCUT2D eigenvalue weighted by molar-refractivity contribution is -0.0268. The Morgan fingerprint density at radius 2 is 1.89 bits per heavy atom. The third-order valence-electron chi connectivity index (χ3n) is 3.94. The molecule has 2 aliphatic heterocycles. The second-order valence-electron chi connectivity index (χ2n) is 5.32. The Bertz CT molecular complexity index is 415. The van der Waals surface area contributed by atoms with E-state index in [0.717, 1.165) is 38.3 Å². The lowest BCUT2D eigenvalue weighted by atomic mass is 10.0. The topological polar surface area (TPSA) is 41.7 Å². The zero-order chi connectivity index (χ0) is 12.5. The average Bonchev–Trinajstić information content (AvgIpc) is 2.39. The molecule has 0 aliphatic carbocycles. The van der Waals surface area contributed by atoms with Crippen LogP contribution in [-0.2, 0) is 6.42 Å². The molecule has 0 bridgehead atoms. The summed E-state index contributed by atoms with van der Waals surface area (Å²) in [5.74, 6) is 1.00. The maximum atomic E-state index is 6.28. The Morgan fingerprint density at radius 3 is 2.67 bits per heavy atom. The van der Waals surface area contributed by atoms with Gasteiger partial charge >= 0.3 is 0 Å². The molecule has 3 rings (SSSR count). The molecule has 18 heavy (non-hydrogen) atoms. The van der Waals surface area contributed by atoms with Crippen LogP contribution in [0, 0.1) is 0 Å². The monoisotopic (exact) mass is 247 g/mol. The van der Waals surface area contributed by atoms with Gasteiger partial charge in [-0.15, -0.1) is 0 Å². The van der Waals surface area contributed by atoms with Crippen LogP contribution in [-0.4, -0.2) is 55.3 Å². The third-order valence-corrected chi connectivity index (χ3v) is 3.94. The number of hydrogen-bond acceptors (Lipinski definition) is 4. The van der Waals surface area contributed by atoms with Crippen molar-refractivity contribution in [1.82, 2.24) is 9.80 Å². The standard InChI is InChI=1S/C14H21N3O/c1-16-6-8-17(9-7-16)14-12(15)10-11-4-2-3-5-13(11)18-14/h2-5,12,14H,6-10,15H2,1H3/t12-,14-/m0/s1. The van der Waals surface area contributed by atoms with Crippen molar-refractivity contribution in [3.05, 3.63) is 29.8 Å². The Kier molecular flexibility index (Phi) is 3.24. The first-order valence-corrected chi connectivity index (χ1v) is 6.67. The Morgan fingerprint density at radius 1 is 1.17 bits per heavy atom. The van der Waals surface area contributed by atoms with E-state index in [1.54, 1.807) is 0 Å². The van der Waals surface area contributed by atoms with Gasteiger partial charge in [-0.1, -0.05) is 18.2 Å². The van der Waals surface area contributed by atoms with E-state index >= 15 is 0 Å². The molecule has 2 atom stereocenters. The van der Waals surface area contributed by atoms with Crippen LogP contribution in [0.4, 0.5) is 0 Å². The molecule has 0 spiro atoms. The zero-order valence-electron chi connectivity index (χ0n) is 10.9. The summed E-state index contributed by atoms with van der Waals surface area (Å²) in [4.78, 5) is 4.72. The average molecular weight is 247 g/mol. The molecule has 1 fully saturated rings. The first kappa shape index (κ1) is 12.0. The summed E-state index contributed by atoms with van der Waals surface area (Å²) in [6.45, 7) is 4.26. The smallest absolute Gasteiger partial charge is 0.168 e. The van der Waals surface area contributed by atoms with Gasteiger partial charge in [0.1, 0.15) is 5.75 Å². The molecule has 0 radical (unpaired) electrons. The van der Waals surface area contributed by atoms with E-state index in [9.17, 15) is 0 Å². The molecule has 0 saturated carbocycles. The summed E-state index contributed by atoms with van der Waals surface area (Å²) in [6.07, 6.45) is 0.946. The van der Waals surface area contributed by atoms with E-state index in [4.69, 9.17) is 10.5 Å². The second-order valence-corrected chi connectivity index (χ2v) is 5.32. The minimum atomic E-state index is 0.0357. The van der Waals surface area contributed by atoms with Crippen molar-refractivity contribution in [3.8, 4) is 5.75 Å². The maximum Gasteiger partial charge on any atom is 0.168 e. The van der Waals surface area contributed by atoms with Crippen LogP contribution in [0.25, 0.3) is 0 Å². The van der Waals surface area contributed by atoms with Crippen molar-refractivity contribution in [3.63, 3.8) is 0 Å². The van der Waals surface area contributed by atoms with Gasteiger partial charge in [0.2, 0.25) is 0 Å². The number of para-hydroxylation sites is 1. The highest BCUT2D eigenvalue weighted by Gasteiger charge is 2.33. The number of likely N-dealkylation sites (N-methyl/N-ethyl adjacent to an activating group) is 1. The highest BCUT2D eigenvalue weighted by molar-refractivity contribution is 5.36. The fourth-order valence-corrected chi connectivity index (χ4v) is 2.78. The molecule has 1 saturated heterocycles. The third kappa shape index (κ3) is 2.23. The molecule has 98 valence electrons. The van der Waals surface area contributed by atoms with Crippen LogP contribution >= 0.6 is 0 Å². The summed E-state index contributed by atoms with van der Waals surface area (Å²) in [5, 5.41) is 0. The van der Waals surface area contributed by atoms with Gasteiger partial charge in [0.25, 0.3) is 0 Å². The highest BCUT2D eigenvalue weighted by Crippen LogP contribution is 2.28. The van der Waals surface area contributed by atoms with E-state index in [2.05, 4.69) is 22.9 Å². The van der Waals surface area contributed by atoms with Crippen molar-refractivity contribution in [2.45, 2.75) is 18.7 Å². The van der Waals surface area contributed by atoms with Gasteiger partial charge in [-0.3, -0.25) is 4.90 Å². The summed E-state index contributed by atoms with van der Waals surface area (Å²) < 4.78 is 6.10. The van der Waals surface area contributed by atoms with E-state index in [1.807, 2.05) is 18.2 Å². The largest absolute Gasteiger partial charge is 0.473 e. The summed E-state index contributed by atoms with van der Waals surface area (Å²) in [6, 6.07) is 8.30. The number of piperazine rings is 1. The van der Waals surface area contributed by atoms with Gasteiger partial charge in [0, 0.05) is 26.2 Å². The molecule has 0 amide bonds. The molecule has 0 aromatic heterocycles. The fourth-order valence-electron chi connectivity index (χ4n) is 2.78. The molecule has 2 heterocycles. The maximum absolute atomic E-state index is 6.28. The quantitative estimate of drug-likeness (QED) is 0.786. The number of benzene rings is 1. The van der Waals surface area contributed by atoms with Gasteiger partial charge in [-0.2, -0.15) is 0 Å². The first-order chi connectivity index (χ1) is 8.74. The lowest BCUT2D eigenvalue weighted by Crippen LogP contribution is -2.59. The van der Waals surface area contributed by atoms with E-state index in [-0.39, 0.29) is 12.3 Å². The number of ether oxygens (including phenoxy) is 1. The van der Waals surface area contributed by atoms with Crippen LogP contribution < -0.4 is 10.5 Å². The van der Waals surface area contributed by atoms with Crippen molar-refractivity contribution in [1.29, 1.82) is 0 Å². The molecule has 0 unspecified atom stereocenters. The summed E-state index contributed by atoms with van der Waals surface area (Å²) in [5.41, 5.74) is 7.51. The summed E-state index contributed by atoms with van der Waals surface area (Å²) >= 11 is 0. The minimum Gasteiger partial charge on any atom is -0.473 e. The highest BCUT2D eigenvalue weighted by atomic mass is 16.5. The number of nitrogens with two attached hydrogens (primary N) is 1. The normalized spacial score (nSPS) is 29.7. The van der Waals surface area contributed by atoms with E-state index in [0.29, 0.717) is 0 Å². The van der Waals surface area contributed by atoms with Crippen LogP contribution in [0.1, 0.15) is 5.56 Å². The van der Waals surface area contributed by atoms with Crippen LogP contribution in [0.2, 0.25) is 0 Å². The SMILES string of the molecule is CN1CCN([C@H]2Oc3ccccc3C[C@@H]2N)CC1. The molecule has 2 aliphatic rings. The fraction of sp³-hybridized carbons (Fsp3) is 0.571. The van der Waals surface area contributed by atoms with Crippen LogP contribution in [0.5, 0.6) is 5.75 Å². The molecule has 2 N–H and O–H groups in total. The molecular formula is C14H21N3O. The molecule has 1 aromatic carbocycles.